The molecule has 0 spiro atoms. The predicted octanol–water partition coefficient (Wildman–Crippen LogP) is 2.45. The van der Waals surface area contributed by atoms with Gasteiger partial charge in [0.2, 0.25) is 5.90 Å². The molecule has 1 aliphatic carbocycles. The standard InChI is InChI=1S/C18H16N2O3.CH4O/c1-22-16-9-7-15(8-10-16)18-20-19-17(12-23-18)14-4-2-3-13(11-21)5-6-14;1-2/h2-3,5-11H,4,12H2,1H3;2H,1H3. The van der Waals surface area contributed by atoms with E-state index in [2.05, 4.69) is 10.2 Å². The fraction of sp³-hybridized carbons (Fsp3) is 0.211. The fourth-order valence-corrected chi connectivity index (χ4v) is 2.27. The molecule has 0 fully saturated rings. The van der Waals surface area contributed by atoms with E-state index >= 15 is 0 Å². The number of carbonyl (C=O) groups excluding carboxylic acids is 1. The highest BCUT2D eigenvalue weighted by atomic mass is 16.5. The Balaban J connectivity index is 0.00000109. The van der Waals surface area contributed by atoms with Gasteiger partial charge in [-0.2, -0.15) is 0 Å². The number of ether oxygens (including phenoxy) is 2. The summed E-state index contributed by atoms with van der Waals surface area (Å²) in [6.07, 6.45) is 8.92. The van der Waals surface area contributed by atoms with Crippen LogP contribution >= 0.6 is 0 Å². The van der Waals surface area contributed by atoms with Crippen LogP contribution in [-0.4, -0.2) is 43.8 Å². The lowest BCUT2D eigenvalue weighted by Gasteiger charge is -2.15. The Morgan fingerprint density at radius 3 is 2.52 bits per heavy atom. The zero-order valence-electron chi connectivity index (χ0n) is 14.2. The van der Waals surface area contributed by atoms with Crippen molar-refractivity contribution in [3.05, 3.63) is 65.3 Å². The van der Waals surface area contributed by atoms with E-state index in [1.54, 1.807) is 19.3 Å². The summed E-state index contributed by atoms with van der Waals surface area (Å²) in [6, 6.07) is 7.46. The Kier molecular flexibility index (Phi) is 6.86. The highest BCUT2D eigenvalue weighted by Gasteiger charge is 2.16. The van der Waals surface area contributed by atoms with E-state index in [1.165, 1.54) is 0 Å². The summed E-state index contributed by atoms with van der Waals surface area (Å²) in [5.41, 5.74) is 3.26. The number of allylic oxidation sites excluding steroid dienone is 5. The average molecular weight is 340 g/mol. The molecule has 1 aromatic rings. The highest BCUT2D eigenvalue weighted by Crippen LogP contribution is 2.18. The summed E-state index contributed by atoms with van der Waals surface area (Å²) < 4.78 is 10.9. The highest BCUT2D eigenvalue weighted by molar-refractivity contribution is 6.06. The summed E-state index contributed by atoms with van der Waals surface area (Å²) in [6.45, 7) is 0.356. The molecule has 1 aliphatic heterocycles. The van der Waals surface area contributed by atoms with Crippen molar-refractivity contribution < 1.29 is 19.4 Å². The van der Waals surface area contributed by atoms with Gasteiger partial charge in [0.1, 0.15) is 24.4 Å². The number of hydrogen-bond donors (Lipinski definition) is 1. The summed E-state index contributed by atoms with van der Waals surface area (Å²) in [7, 11) is 2.62. The SMILES string of the molecule is CO.COc1ccc(C2=NN=C(C3=CC=C(C=O)C=CC3)CO2)cc1. The first-order chi connectivity index (χ1) is 12.3. The molecule has 6 nitrogen and oxygen atoms in total. The van der Waals surface area contributed by atoms with E-state index in [0.717, 1.165) is 36.0 Å². The molecular formula is C19H20N2O4. The average Bonchev–Trinajstić information content (AvgIpc) is 2.95. The van der Waals surface area contributed by atoms with Gasteiger partial charge >= 0.3 is 0 Å². The Morgan fingerprint density at radius 2 is 1.92 bits per heavy atom. The van der Waals surface area contributed by atoms with Crippen molar-refractivity contribution in [1.29, 1.82) is 0 Å². The van der Waals surface area contributed by atoms with E-state index in [4.69, 9.17) is 14.6 Å². The summed E-state index contributed by atoms with van der Waals surface area (Å²) in [4.78, 5) is 10.8. The molecule has 2 aliphatic rings. The van der Waals surface area contributed by atoms with Crippen molar-refractivity contribution in [2.24, 2.45) is 10.2 Å². The van der Waals surface area contributed by atoms with Crippen molar-refractivity contribution >= 4 is 17.9 Å². The number of carbonyl (C=O) groups is 1. The first-order valence-electron chi connectivity index (χ1n) is 7.69. The molecule has 0 radical (unpaired) electrons. The Morgan fingerprint density at radius 1 is 1.16 bits per heavy atom. The minimum Gasteiger partial charge on any atom is -0.497 e. The van der Waals surface area contributed by atoms with Crippen LogP contribution in [0.1, 0.15) is 12.0 Å². The second-order valence-electron chi connectivity index (χ2n) is 5.05. The van der Waals surface area contributed by atoms with Gasteiger partial charge < -0.3 is 14.6 Å². The van der Waals surface area contributed by atoms with Gasteiger partial charge in [0.25, 0.3) is 0 Å². The number of nitrogens with zero attached hydrogens (tertiary/aromatic N) is 2. The summed E-state index contributed by atoms with van der Waals surface area (Å²) in [5.74, 6) is 1.27. The van der Waals surface area contributed by atoms with Gasteiger partial charge in [-0.15, -0.1) is 10.2 Å². The molecule has 1 N–H and O–H groups in total. The minimum atomic E-state index is 0.356. The van der Waals surface area contributed by atoms with Crippen LogP contribution in [-0.2, 0) is 9.53 Å². The van der Waals surface area contributed by atoms with Crippen LogP contribution < -0.4 is 4.74 Å². The van der Waals surface area contributed by atoms with Crippen molar-refractivity contribution in [2.75, 3.05) is 20.8 Å². The van der Waals surface area contributed by atoms with Crippen molar-refractivity contribution in [3.8, 4) is 5.75 Å². The maximum Gasteiger partial charge on any atom is 0.241 e. The number of hydrogen-bond acceptors (Lipinski definition) is 6. The molecule has 0 saturated heterocycles. The third-order valence-corrected chi connectivity index (χ3v) is 3.58. The van der Waals surface area contributed by atoms with E-state index in [-0.39, 0.29) is 0 Å². The van der Waals surface area contributed by atoms with Gasteiger partial charge in [-0.1, -0.05) is 24.3 Å². The van der Waals surface area contributed by atoms with Crippen molar-refractivity contribution in [3.63, 3.8) is 0 Å². The molecule has 0 saturated carbocycles. The van der Waals surface area contributed by atoms with Crippen LogP contribution in [0.25, 0.3) is 0 Å². The third-order valence-electron chi connectivity index (χ3n) is 3.58. The number of rotatable bonds is 4. The predicted molar refractivity (Wildman–Crippen MR) is 97.0 cm³/mol. The van der Waals surface area contributed by atoms with Crippen LogP contribution in [0.2, 0.25) is 0 Å². The summed E-state index contributed by atoms with van der Waals surface area (Å²) in [5, 5.41) is 15.4. The molecule has 0 atom stereocenters. The lowest BCUT2D eigenvalue weighted by atomic mass is 10.1. The zero-order chi connectivity index (χ0) is 18.1. The molecule has 25 heavy (non-hydrogen) atoms. The van der Waals surface area contributed by atoms with Gasteiger partial charge in [-0.25, -0.2) is 0 Å². The van der Waals surface area contributed by atoms with Crippen LogP contribution in [0.5, 0.6) is 5.75 Å². The largest absolute Gasteiger partial charge is 0.497 e. The monoisotopic (exact) mass is 340 g/mol. The Labute approximate surface area is 146 Å². The minimum absolute atomic E-state index is 0.356. The van der Waals surface area contributed by atoms with E-state index < -0.39 is 0 Å². The molecule has 6 heteroatoms. The molecule has 130 valence electrons. The molecule has 0 amide bonds. The third kappa shape index (κ3) is 4.74. The number of methoxy groups -OCH3 is 1. The molecule has 3 rings (SSSR count). The lowest BCUT2D eigenvalue weighted by molar-refractivity contribution is -0.104. The van der Waals surface area contributed by atoms with E-state index in [9.17, 15) is 4.79 Å². The van der Waals surface area contributed by atoms with Crippen LogP contribution in [0.4, 0.5) is 0 Å². The molecule has 0 aromatic heterocycles. The smallest absolute Gasteiger partial charge is 0.241 e. The van der Waals surface area contributed by atoms with Crippen molar-refractivity contribution in [2.45, 2.75) is 6.42 Å². The van der Waals surface area contributed by atoms with Gasteiger partial charge in [0, 0.05) is 18.2 Å². The van der Waals surface area contributed by atoms with Crippen LogP contribution in [0, 0.1) is 0 Å². The van der Waals surface area contributed by atoms with E-state index in [0.29, 0.717) is 24.5 Å². The van der Waals surface area contributed by atoms with Gasteiger partial charge in [0.15, 0.2) is 0 Å². The number of benzene rings is 1. The molecule has 0 unspecified atom stereocenters. The first kappa shape index (κ1) is 18.4. The first-order valence-corrected chi connectivity index (χ1v) is 7.69. The molecule has 0 bridgehead atoms. The fourth-order valence-electron chi connectivity index (χ4n) is 2.27. The molecular weight excluding hydrogens is 320 g/mol. The van der Waals surface area contributed by atoms with E-state index in [1.807, 2.05) is 36.4 Å². The number of aliphatic hydroxyl groups excluding tert-OH is 1. The van der Waals surface area contributed by atoms with Crippen LogP contribution in [0.15, 0.2) is 69.9 Å². The second-order valence-corrected chi connectivity index (χ2v) is 5.05. The van der Waals surface area contributed by atoms with Crippen LogP contribution in [0.3, 0.4) is 0 Å². The van der Waals surface area contributed by atoms with Gasteiger partial charge in [-0.05, 0) is 36.3 Å². The zero-order valence-corrected chi connectivity index (χ0v) is 14.2. The maximum absolute atomic E-state index is 10.8. The van der Waals surface area contributed by atoms with Gasteiger partial charge in [0.05, 0.1) is 7.11 Å². The number of aliphatic hydroxyl groups is 1. The Hall–Kier alpha value is -2.99. The van der Waals surface area contributed by atoms with Gasteiger partial charge in [-0.3, -0.25) is 4.79 Å². The topological polar surface area (TPSA) is 80.5 Å². The maximum atomic E-state index is 10.8. The quantitative estimate of drug-likeness (QED) is 0.854. The molecule has 1 aromatic carbocycles. The summed E-state index contributed by atoms with van der Waals surface area (Å²) >= 11 is 0. The second kappa shape index (κ2) is 9.34. The van der Waals surface area contributed by atoms with Crippen molar-refractivity contribution in [1.82, 2.24) is 0 Å². The number of aldehydes is 1. The molecule has 1 heterocycles. The lowest BCUT2D eigenvalue weighted by Crippen LogP contribution is -2.20. The Bertz CT molecular complexity index is 756. The normalized spacial score (nSPS) is 16.0.